The van der Waals surface area contributed by atoms with E-state index in [4.69, 9.17) is 10.5 Å². The summed E-state index contributed by atoms with van der Waals surface area (Å²) in [5, 5.41) is 17.7. The van der Waals surface area contributed by atoms with Gasteiger partial charge in [-0.2, -0.15) is 10.5 Å². The molecule has 0 aliphatic carbocycles. The molecular formula is C11H4BrFN4. The molecule has 0 spiro atoms. The minimum Gasteiger partial charge on any atom is -0.286 e. The van der Waals surface area contributed by atoms with Crippen molar-refractivity contribution in [3.05, 3.63) is 46.2 Å². The zero-order chi connectivity index (χ0) is 12.4. The SMILES string of the molecule is N#Cc1ncn(-c2cc(Br)ccc2F)c1C#N. The van der Waals surface area contributed by atoms with Crippen LogP contribution in [0.2, 0.25) is 0 Å². The molecule has 82 valence electrons. The van der Waals surface area contributed by atoms with E-state index < -0.39 is 5.82 Å². The summed E-state index contributed by atoms with van der Waals surface area (Å²) in [6, 6.07) is 7.95. The number of aromatic nitrogens is 2. The molecule has 0 aliphatic rings. The molecule has 2 aromatic rings. The van der Waals surface area contributed by atoms with E-state index in [0.29, 0.717) is 4.47 Å². The molecule has 0 fully saturated rings. The zero-order valence-electron chi connectivity index (χ0n) is 8.35. The lowest BCUT2D eigenvalue weighted by Gasteiger charge is -2.05. The molecule has 0 radical (unpaired) electrons. The Kier molecular flexibility index (Phi) is 2.90. The van der Waals surface area contributed by atoms with Crippen LogP contribution in [0.1, 0.15) is 11.4 Å². The lowest BCUT2D eigenvalue weighted by atomic mass is 10.3. The average Bonchev–Trinajstić information content (AvgIpc) is 2.74. The van der Waals surface area contributed by atoms with Crippen molar-refractivity contribution in [2.45, 2.75) is 0 Å². The van der Waals surface area contributed by atoms with Gasteiger partial charge in [-0.3, -0.25) is 4.57 Å². The highest BCUT2D eigenvalue weighted by Gasteiger charge is 2.14. The summed E-state index contributed by atoms with van der Waals surface area (Å²) >= 11 is 3.22. The third kappa shape index (κ3) is 1.91. The molecule has 0 saturated heterocycles. The van der Waals surface area contributed by atoms with Crippen LogP contribution in [0.5, 0.6) is 0 Å². The number of benzene rings is 1. The van der Waals surface area contributed by atoms with Crippen LogP contribution in [-0.4, -0.2) is 9.55 Å². The molecule has 1 aromatic heterocycles. The Morgan fingerprint density at radius 1 is 1.29 bits per heavy atom. The summed E-state index contributed by atoms with van der Waals surface area (Å²) < 4.78 is 15.5. The molecule has 0 aliphatic heterocycles. The van der Waals surface area contributed by atoms with E-state index in [0.717, 1.165) is 0 Å². The minimum absolute atomic E-state index is 0.0181. The van der Waals surface area contributed by atoms with Crippen LogP contribution in [0, 0.1) is 28.5 Å². The fourth-order valence-corrected chi connectivity index (χ4v) is 1.74. The Hall–Kier alpha value is -2.18. The number of rotatable bonds is 1. The highest BCUT2D eigenvalue weighted by Crippen LogP contribution is 2.21. The van der Waals surface area contributed by atoms with Crippen LogP contribution in [0.15, 0.2) is 29.0 Å². The van der Waals surface area contributed by atoms with E-state index in [-0.39, 0.29) is 17.1 Å². The molecule has 1 aromatic carbocycles. The van der Waals surface area contributed by atoms with Gasteiger partial charge in [-0.15, -0.1) is 0 Å². The van der Waals surface area contributed by atoms with E-state index in [1.807, 2.05) is 6.07 Å². The van der Waals surface area contributed by atoms with Gasteiger partial charge in [-0.25, -0.2) is 9.37 Å². The second-order valence-corrected chi connectivity index (χ2v) is 4.05. The number of imidazole rings is 1. The Morgan fingerprint density at radius 3 is 2.71 bits per heavy atom. The third-order valence-corrected chi connectivity index (χ3v) is 2.64. The maximum absolute atomic E-state index is 13.6. The predicted octanol–water partition coefficient (Wildman–Crippen LogP) is 2.52. The fraction of sp³-hybridized carbons (Fsp3) is 0. The molecule has 0 unspecified atom stereocenters. The van der Waals surface area contributed by atoms with Crippen LogP contribution >= 0.6 is 15.9 Å². The second kappa shape index (κ2) is 4.36. The Morgan fingerprint density at radius 2 is 2.06 bits per heavy atom. The molecule has 6 heteroatoms. The topological polar surface area (TPSA) is 65.4 Å². The molecule has 0 bridgehead atoms. The summed E-state index contributed by atoms with van der Waals surface area (Å²) in [5.41, 5.74) is 0.168. The normalized spacial score (nSPS) is 9.65. The van der Waals surface area contributed by atoms with Gasteiger partial charge >= 0.3 is 0 Å². The lowest BCUT2D eigenvalue weighted by Crippen LogP contribution is -1.99. The summed E-state index contributed by atoms with van der Waals surface area (Å²) in [7, 11) is 0. The molecule has 0 saturated carbocycles. The predicted molar refractivity (Wildman–Crippen MR) is 60.7 cm³/mol. The van der Waals surface area contributed by atoms with Gasteiger partial charge in [0.25, 0.3) is 0 Å². The first kappa shape index (κ1) is 11.3. The Bertz CT molecular complexity index is 663. The minimum atomic E-state index is -0.494. The van der Waals surface area contributed by atoms with Crippen molar-refractivity contribution in [2.75, 3.05) is 0 Å². The number of hydrogen-bond acceptors (Lipinski definition) is 3. The van der Waals surface area contributed by atoms with Crippen molar-refractivity contribution in [3.8, 4) is 17.8 Å². The van der Waals surface area contributed by atoms with Gasteiger partial charge in [-0.1, -0.05) is 15.9 Å². The fourth-order valence-electron chi connectivity index (χ4n) is 1.39. The Balaban J connectivity index is 2.70. The van der Waals surface area contributed by atoms with Gasteiger partial charge < -0.3 is 0 Å². The van der Waals surface area contributed by atoms with Gasteiger partial charge in [0.1, 0.15) is 24.3 Å². The van der Waals surface area contributed by atoms with Gasteiger partial charge in [0.05, 0.1) is 5.69 Å². The molecule has 1 heterocycles. The van der Waals surface area contributed by atoms with Crippen molar-refractivity contribution in [3.63, 3.8) is 0 Å². The van der Waals surface area contributed by atoms with Crippen LogP contribution in [-0.2, 0) is 0 Å². The quantitative estimate of drug-likeness (QED) is 0.810. The van der Waals surface area contributed by atoms with E-state index in [1.54, 1.807) is 12.1 Å². The molecular weight excluding hydrogens is 287 g/mol. The lowest BCUT2D eigenvalue weighted by molar-refractivity contribution is 0.617. The van der Waals surface area contributed by atoms with Crippen molar-refractivity contribution < 1.29 is 4.39 Å². The second-order valence-electron chi connectivity index (χ2n) is 3.13. The first-order valence-corrected chi connectivity index (χ1v) is 5.29. The van der Waals surface area contributed by atoms with Crippen molar-refractivity contribution in [1.29, 1.82) is 10.5 Å². The third-order valence-electron chi connectivity index (χ3n) is 2.15. The van der Waals surface area contributed by atoms with Gasteiger partial charge in [0, 0.05) is 4.47 Å². The molecule has 2 rings (SSSR count). The summed E-state index contributed by atoms with van der Waals surface area (Å²) in [6.45, 7) is 0. The summed E-state index contributed by atoms with van der Waals surface area (Å²) in [5.74, 6) is -0.494. The van der Waals surface area contributed by atoms with Crippen LogP contribution in [0.4, 0.5) is 4.39 Å². The van der Waals surface area contributed by atoms with Crippen LogP contribution < -0.4 is 0 Å². The maximum Gasteiger partial charge on any atom is 0.177 e. The summed E-state index contributed by atoms with van der Waals surface area (Å²) in [4.78, 5) is 3.75. The molecule has 0 N–H and O–H groups in total. The van der Waals surface area contributed by atoms with E-state index in [1.165, 1.54) is 23.0 Å². The standard InChI is InChI=1S/C11H4BrFN4/c12-7-1-2-8(13)10(3-7)17-6-16-9(4-14)11(17)5-15/h1-3,6H. The zero-order valence-corrected chi connectivity index (χ0v) is 9.94. The average molecular weight is 291 g/mol. The number of nitriles is 2. The van der Waals surface area contributed by atoms with Gasteiger partial charge in [0.2, 0.25) is 0 Å². The highest BCUT2D eigenvalue weighted by molar-refractivity contribution is 9.10. The van der Waals surface area contributed by atoms with Crippen LogP contribution in [0.25, 0.3) is 5.69 Å². The smallest absolute Gasteiger partial charge is 0.177 e. The van der Waals surface area contributed by atoms with Crippen molar-refractivity contribution in [1.82, 2.24) is 9.55 Å². The largest absolute Gasteiger partial charge is 0.286 e. The molecule has 0 amide bonds. The summed E-state index contributed by atoms with van der Waals surface area (Å²) in [6.07, 6.45) is 1.25. The van der Waals surface area contributed by atoms with Crippen molar-refractivity contribution in [2.24, 2.45) is 0 Å². The Labute approximate surface area is 105 Å². The molecule has 0 atom stereocenters. The number of hydrogen-bond donors (Lipinski definition) is 0. The van der Waals surface area contributed by atoms with Crippen molar-refractivity contribution >= 4 is 15.9 Å². The number of nitrogens with zero attached hydrogens (tertiary/aromatic N) is 4. The van der Waals surface area contributed by atoms with Gasteiger partial charge in [0.15, 0.2) is 11.4 Å². The van der Waals surface area contributed by atoms with E-state index in [9.17, 15) is 4.39 Å². The highest BCUT2D eigenvalue weighted by atomic mass is 79.9. The van der Waals surface area contributed by atoms with Gasteiger partial charge in [-0.05, 0) is 18.2 Å². The first-order chi connectivity index (χ1) is 8.17. The monoisotopic (exact) mass is 290 g/mol. The van der Waals surface area contributed by atoms with E-state index in [2.05, 4.69) is 20.9 Å². The number of halogens is 2. The molecule has 4 nitrogen and oxygen atoms in total. The molecule has 17 heavy (non-hydrogen) atoms. The maximum atomic E-state index is 13.6. The first-order valence-electron chi connectivity index (χ1n) is 4.50. The van der Waals surface area contributed by atoms with Crippen LogP contribution in [0.3, 0.4) is 0 Å². The van der Waals surface area contributed by atoms with E-state index >= 15 is 0 Å².